The van der Waals surface area contributed by atoms with Gasteiger partial charge in [-0.15, -0.1) is 0 Å². The summed E-state index contributed by atoms with van der Waals surface area (Å²) >= 11 is 0. The van der Waals surface area contributed by atoms with Crippen molar-refractivity contribution in [1.29, 1.82) is 0 Å². The van der Waals surface area contributed by atoms with Crippen LogP contribution in [-0.2, 0) is 10.0 Å². The van der Waals surface area contributed by atoms with Gasteiger partial charge in [0.05, 0.1) is 17.9 Å². The fourth-order valence-corrected chi connectivity index (χ4v) is 4.32. The van der Waals surface area contributed by atoms with E-state index in [1.165, 1.54) is 4.31 Å². The van der Waals surface area contributed by atoms with E-state index in [0.29, 0.717) is 13.0 Å². The zero-order valence-electron chi connectivity index (χ0n) is 10.4. The Morgan fingerprint density at radius 3 is 2.47 bits per heavy atom. The van der Waals surface area contributed by atoms with E-state index in [1.54, 1.807) is 0 Å². The number of sulfonamides is 1. The van der Waals surface area contributed by atoms with E-state index in [1.807, 2.05) is 6.92 Å². The second-order valence-electron chi connectivity index (χ2n) is 5.01. The van der Waals surface area contributed by atoms with Gasteiger partial charge in [0.1, 0.15) is 0 Å². The van der Waals surface area contributed by atoms with Crippen LogP contribution in [0.25, 0.3) is 0 Å². The lowest BCUT2D eigenvalue weighted by Gasteiger charge is -2.25. The molecule has 0 unspecified atom stereocenters. The average molecular weight is 262 g/mol. The maximum absolute atomic E-state index is 11.9. The molecule has 2 heterocycles. The quantitative estimate of drug-likeness (QED) is 0.766. The van der Waals surface area contributed by atoms with E-state index >= 15 is 0 Å². The minimum absolute atomic E-state index is 0.00383. The minimum Gasteiger partial charge on any atom is -0.390 e. The maximum Gasteiger partial charge on any atom is 0.214 e. The Balaban J connectivity index is 2.01. The van der Waals surface area contributed by atoms with Gasteiger partial charge in [-0.1, -0.05) is 6.92 Å². The van der Waals surface area contributed by atoms with Gasteiger partial charge in [-0.2, -0.15) is 4.31 Å². The third-order valence-corrected chi connectivity index (χ3v) is 5.70. The highest BCUT2D eigenvalue weighted by Crippen LogP contribution is 2.23. The predicted octanol–water partition coefficient (Wildman–Crippen LogP) is -0.133. The smallest absolute Gasteiger partial charge is 0.214 e. The number of aliphatic hydroxyl groups is 1. The van der Waals surface area contributed by atoms with E-state index < -0.39 is 16.1 Å². The Labute approximate surface area is 103 Å². The molecule has 2 rings (SSSR count). The van der Waals surface area contributed by atoms with Gasteiger partial charge in [-0.3, -0.25) is 4.90 Å². The number of β-amino-alcohol motifs (C(OH)–C–C–N with tert-alkyl or cyclic N) is 1. The van der Waals surface area contributed by atoms with Crippen LogP contribution in [0.2, 0.25) is 0 Å². The molecule has 100 valence electrons. The van der Waals surface area contributed by atoms with Crippen molar-refractivity contribution in [2.24, 2.45) is 0 Å². The third kappa shape index (κ3) is 2.81. The molecule has 17 heavy (non-hydrogen) atoms. The number of hydrogen-bond acceptors (Lipinski definition) is 4. The van der Waals surface area contributed by atoms with Crippen LogP contribution in [-0.4, -0.2) is 66.8 Å². The predicted molar refractivity (Wildman–Crippen MR) is 66.3 cm³/mol. The van der Waals surface area contributed by atoms with Crippen LogP contribution in [0, 0.1) is 0 Å². The van der Waals surface area contributed by atoms with Gasteiger partial charge in [-0.25, -0.2) is 8.42 Å². The molecule has 0 amide bonds. The molecule has 1 N–H and O–H groups in total. The lowest BCUT2D eigenvalue weighted by atomic mass is 10.2. The minimum atomic E-state index is -3.16. The molecule has 6 heteroatoms. The molecule has 5 nitrogen and oxygen atoms in total. The highest BCUT2D eigenvalue weighted by atomic mass is 32.2. The van der Waals surface area contributed by atoms with E-state index in [-0.39, 0.29) is 18.3 Å². The van der Waals surface area contributed by atoms with Crippen molar-refractivity contribution in [3.05, 3.63) is 0 Å². The van der Waals surface area contributed by atoms with Crippen LogP contribution in [0.3, 0.4) is 0 Å². The van der Waals surface area contributed by atoms with Gasteiger partial charge in [0.25, 0.3) is 0 Å². The van der Waals surface area contributed by atoms with Crippen molar-refractivity contribution in [3.63, 3.8) is 0 Å². The summed E-state index contributed by atoms with van der Waals surface area (Å²) in [5.74, 6) is 0.187. The molecule has 0 aromatic carbocycles. The Bertz CT molecular complexity index is 352. The highest BCUT2D eigenvalue weighted by molar-refractivity contribution is 7.89. The molecule has 0 saturated carbocycles. The second kappa shape index (κ2) is 5.22. The van der Waals surface area contributed by atoms with Gasteiger partial charge in [0, 0.05) is 13.1 Å². The van der Waals surface area contributed by atoms with Crippen molar-refractivity contribution in [2.45, 2.75) is 38.3 Å². The first kappa shape index (κ1) is 13.3. The lowest BCUT2D eigenvalue weighted by molar-refractivity contribution is 0.0983. The van der Waals surface area contributed by atoms with E-state index in [2.05, 4.69) is 4.90 Å². The monoisotopic (exact) mass is 262 g/mol. The fraction of sp³-hybridized carbons (Fsp3) is 1.00. The average Bonchev–Trinajstić information content (AvgIpc) is 2.85. The molecule has 0 aromatic rings. The molecule has 0 aliphatic carbocycles. The molecule has 0 aromatic heterocycles. The summed E-state index contributed by atoms with van der Waals surface area (Å²) in [7, 11) is -3.16. The van der Waals surface area contributed by atoms with Crippen molar-refractivity contribution in [1.82, 2.24) is 9.21 Å². The fourth-order valence-electron chi connectivity index (χ4n) is 2.78. The summed E-state index contributed by atoms with van der Waals surface area (Å²) in [5, 5.41) is 10.0. The molecule has 2 aliphatic heterocycles. The number of likely N-dealkylation sites (tertiary alicyclic amines) is 1. The van der Waals surface area contributed by atoms with Gasteiger partial charge < -0.3 is 5.11 Å². The molecular weight excluding hydrogens is 240 g/mol. The molecule has 0 spiro atoms. The van der Waals surface area contributed by atoms with Crippen LogP contribution < -0.4 is 0 Å². The Kier molecular flexibility index (Phi) is 4.07. The second-order valence-corrected chi connectivity index (χ2v) is 7.10. The van der Waals surface area contributed by atoms with Crippen LogP contribution in [0.5, 0.6) is 0 Å². The molecule has 2 fully saturated rings. The number of aliphatic hydroxyl groups excluding tert-OH is 1. The Hall–Kier alpha value is -0.170. The third-order valence-electron chi connectivity index (χ3n) is 3.69. The maximum atomic E-state index is 11.9. The topological polar surface area (TPSA) is 60.9 Å². The van der Waals surface area contributed by atoms with E-state index in [4.69, 9.17) is 0 Å². The standard InChI is InChI=1S/C11H22N2O3S/c1-2-7-17(15,16)13-8-10(11(14)9-13)12-5-3-4-6-12/h10-11,14H,2-9H2,1H3/t10-,11-/m1/s1. The largest absolute Gasteiger partial charge is 0.390 e. The summed E-state index contributed by atoms with van der Waals surface area (Å²) in [4.78, 5) is 2.23. The summed E-state index contributed by atoms with van der Waals surface area (Å²) in [6.07, 6.45) is 2.42. The number of hydrogen-bond donors (Lipinski definition) is 1. The van der Waals surface area contributed by atoms with E-state index in [0.717, 1.165) is 25.9 Å². The van der Waals surface area contributed by atoms with Gasteiger partial charge >= 0.3 is 0 Å². The summed E-state index contributed by atoms with van der Waals surface area (Å²) in [6, 6.07) is 0.00383. The van der Waals surface area contributed by atoms with Crippen LogP contribution in [0.4, 0.5) is 0 Å². The molecule has 0 bridgehead atoms. The first-order chi connectivity index (χ1) is 8.04. The van der Waals surface area contributed by atoms with Crippen LogP contribution in [0.1, 0.15) is 26.2 Å². The van der Waals surface area contributed by atoms with Crippen LogP contribution in [0.15, 0.2) is 0 Å². The van der Waals surface area contributed by atoms with Gasteiger partial charge in [-0.05, 0) is 32.4 Å². The summed E-state index contributed by atoms with van der Waals surface area (Å²) < 4.78 is 25.3. The Morgan fingerprint density at radius 2 is 1.88 bits per heavy atom. The van der Waals surface area contributed by atoms with Gasteiger partial charge in [0.2, 0.25) is 10.0 Å². The molecular formula is C11H22N2O3S. The first-order valence-corrected chi connectivity index (χ1v) is 8.05. The van der Waals surface area contributed by atoms with Gasteiger partial charge in [0.15, 0.2) is 0 Å². The lowest BCUT2D eigenvalue weighted by Crippen LogP contribution is -2.41. The molecule has 2 saturated heterocycles. The van der Waals surface area contributed by atoms with E-state index in [9.17, 15) is 13.5 Å². The van der Waals surface area contributed by atoms with Crippen molar-refractivity contribution in [2.75, 3.05) is 31.9 Å². The molecule has 2 aliphatic rings. The normalized spacial score (nSPS) is 32.4. The van der Waals surface area contributed by atoms with Crippen LogP contribution >= 0.6 is 0 Å². The number of nitrogens with zero attached hydrogens (tertiary/aromatic N) is 2. The molecule has 0 radical (unpaired) electrons. The number of rotatable bonds is 4. The van der Waals surface area contributed by atoms with Crippen molar-refractivity contribution < 1.29 is 13.5 Å². The van der Waals surface area contributed by atoms with Crippen molar-refractivity contribution >= 4 is 10.0 Å². The summed E-state index contributed by atoms with van der Waals surface area (Å²) in [6.45, 7) is 4.57. The van der Waals surface area contributed by atoms with Crippen molar-refractivity contribution in [3.8, 4) is 0 Å². The Morgan fingerprint density at radius 1 is 1.24 bits per heavy atom. The molecule has 2 atom stereocenters. The highest BCUT2D eigenvalue weighted by Gasteiger charge is 2.40. The first-order valence-electron chi connectivity index (χ1n) is 6.44. The zero-order valence-corrected chi connectivity index (χ0v) is 11.2. The SMILES string of the molecule is CCCS(=O)(=O)N1C[C@@H](O)[C@H](N2CCCC2)C1. The zero-order chi connectivity index (χ0) is 12.5. The summed E-state index contributed by atoms with van der Waals surface area (Å²) in [5.41, 5.74) is 0.